The van der Waals surface area contributed by atoms with Crippen molar-refractivity contribution in [3.8, 4) is 5.75 Å². The van der Waals surface area contributed by atoms with Crippen molar-refractivity contribution in [3.63, 3.8) is 0 Å². The number of para-hydroxylation sites is 3. The highest BCUT2D eigenvalue weighted by Gasteiger charge is 2.33. The van der Waals surface area contributed by atoms with Crippen molar-refractivity contribution in [2.75, 3.05) is 36.5 Å². The van der Waals surface area contributed by atoms with Crippen molar-refractivity contribution in [2.45, 2.75) is 25.0 Å². The van der Waals surface area contributed by atoms with Crippen molar-refractivity contribution < 1.29 is 19.1 Å². The summed E-state index contributed by atoms with van der Waals surface area (Å²) < 4.78 is 11.6. The average molecular weight is 472 g/mol. The lowest BCUT2D eigenvalue weighted by Crippen LogP contribution is -2.43. The molecule has 0 aromatic heterocycles. The van der Waals surface area contributed by atoms with Gasteiger partial charge < -0.3 is 20.1 Å². The lowest BCUT2D eigenvalue weighted by Gasteiger charge is -2.37. The van der Waals surface area contributed by atoms with Crippen molar-refractivity contribution >= 4 is 23.2 Å². The average Bonchev–Trinajstić information content (AvgIpc) is 3.44. The van der Waals surface area contributed by atoms with Gasteiger partial charge in [0, 0.05) is 18.8 Å². The number of amides is 2. The minimum Gasteiger partial charge on any atom is -0.489 e. The number of benzene rings is 3. The molecule has 1 saturated heterocycles. The SMILES string of the molecule is O=C(NC[C@H]1CCCO1)c1ccccc1NCC(=O)N1c2ccccc2OC[C@H]1c1ccccc1. The van der Waals surface area contributed by atoms with Gasteiger partial charge in [-0.15, -0.1) is 0 Å². The van der Waals surface area contributed by atoms with Crippen LogP contribution in [0.3, 0.4) is 0 Å². The predicted octanol–water partition coefficient (Wildman–Crippen LogP) is 4.17. The van der Waals surface area contributed by atoms with Crippen LogP contribution in [0.2, 0.25) is 0 Å². The van der Waals surface area contributed by atoms with E-state index in [-0.39, 0.29) is 30.5 Å². The van der Waals surface area contributed by atoms with Gasteiger partial charge in [-0.1, -0.05) is 54.6 Å². The van der Waals surface area contributed by atoms with Crippen LogP contribution >= 0.6 is 0 Å². The third-order valence-electron chi connectivity index (χ3n) is 6.40. The summed E-state index contributed by atoms with van der Waals surface area (Å²) in [5.41, 5.74) is 2.86. The van der Waals surface area contributed by atoms with Gasteiger partial charge in [0.15, 0.2) is 0 Å². The second-order valence-corrected chi connectivity index (χ2v) is 8.71. The van der Waals surface area contributed by atoms with Crippen LogP contribution in [0.4, 0.5) is 11.4 Å². The molecule has 0 radical (unpaired) electrons. The van der Waals surface area contributed by atoms with Gasteiger partial charge in [-0.3, -0.25) is 14.5 Å². The van der Waals surface area contributed by atoms with E-state index in [0.717, 1.165) is 30.7 Å². The molecule has 1 fully saturated rings. The number of hydrogen-bond donors (Lipinski definition) is 2. The van der Waals surface area contributed by atoms with E-state index in [4.69, 9.17) is 9.47 Å². The Morgan fingerprint density at radius 3 is 2.54 bits per heavy atom. The molecule has 2 aliphatic heterocycles. The Morgan fingerprint density at radius 1 is 0.943 bits per heavy atom. The summed E-state index contributed by atoms with van der Waals surface area (Å²) in [6.07, 6.45) is 2.05. The smallest absolute Gasteiger partial charge is 0.253 e. The highest BCUT2D eigenvalue weighted by molar-refractivity contribution is 6.02. The first-order valence-electron chi connectivity index (χ1n) is 12.0. The van der Waals surface area contributed by atoms with Gasteiger partial charge in [0.05, 0.1) is 29.9 Å². The molecular formula is C28H29N3O4. The topological polar surface area (TPSA) is 79.9 Å². The maximum absolute atomic E-state index is 13.6. The molecule has 0 unspecified atom stereocenters. The maximum atomic E-state index is 13.6. The van der Waals surface area contributed by atoms with Gasteiger partial charge in [0.2, 0.25) is 5.91 Å². The minimum absolute atomic E-state index is 0.0354. The molecule has 7 heteroatoms. The summed E-state index contributed by atoms with van der Waals surface area (Å²) in [4.78, 5) is 28.2. The molecule has 2 atom stereocenters. The third kappa shape index (κ3) is 5.15. The maximum Gasteiger partial charge on any atom is 0.253 e. The van der Waals surface area contributed by atoms with Crippen molar-refractivity contribution in [1.82, 2.24) is 5.32 Å². The largest absolute Gasteiger partial charge is 0.489 e. The van der Waals surface area contributed by atoms with Crippen LogP contribution in [-0.2, 0) is 9.53 Å². The zero-order valence-corrected chi connectivity index (χ0v) is 19.5. The van der Waals surface area contributed by atoms with Gasteiger partial charge in [0.1, 0.15) is 12.4 Å². The molecule has 5 rings (SSSR count). The number of hydrogen-bond acceptors (Lipinski definition) is 5. The fourth-order valence-corrected chi connectivity index (χ4v) is 4.62. The predicted molar refractivity (Wildman–Crippen MR) is 135 cm³/mol. The molecular weight excluding hydrogens is 442 g/mol. The number of nitrogens with zero attached hydrogens (tertiary/aromatic N) is 1. The zero-order valence-electron chi connectivity index (χ0n) is 19.5. The van der Waals surface area contributed by atoms with Crippen LogP contribution in [-0.4, -0.2) is 44.2 Å². The molecule has 2 heterocycles. The van der Waals surface area contributed by atoms with E-state index < -0.39 is 0 Å². The van der Waals surface area contributed by atoms with Gasteiger partial charge in [-0.2, -0.15) is 0 Å². The standard InChI is InChI=1S/C28H29N3O4/c32-27(18-29-23-13-5-4-12-22(23)28(33)30-17-21-11-8-16-34-21)31-24-14-6-7-15-26(24)35-19-25(31)20-9-2-1-3-10-20/h1-7,9-10,12-15,21,25,29H,8,11,16-19H2,(H,30,33)/t21-,25+/m1/s1. The monoisotopic (exact) mass is 471 g/mol. The molecule has 2 N–H and O–H groups in total. The fraction of sp³-hybridized carbons (Fsp3) is 0.286. The Kier molecular flexibility index (Phi) is 6.95. The van der Waals surface area contributed by atoms with E-state index >= 15 is 0 Å². The van der Waals surface area contributed by atoms with E-state index in [1.54, 1.807) is 11.0 Å². The Labute approximate surface area is 205 Å². The number of carbonyl (C=O) groups is 2. The minimum atomic E-state index is -0.245. The first kappa shape index (κ1) is 22.9. The molecule has 0 saturated carbocycles. The lowest BCUT2D eigenvalue weighted by atomic mass is 10.0. The summed E-state index contributed by atoms with van der Waals surface area (Å²) in [6.45, 7) is 1.63. The summed E-state index contributed by atoms with van der Waals surface area (Å²) in [6, 6.07) is 24.4. The summed E-state index contributed by atoms with van der Waals surface area (Å²) in [7, 11) is 0. The van der Waals surface area contributed by atoms with Crippen molar-refractivity contribution in [1.29, 1.82) is 0 Å². The summed E-state index contributed by atoms with van der Waals surface area (Å²) in [5, 5.41) is 6.16. The molecule has 0 bridgehead atoms. The summed E-state index contributed by atoms with van der Waals surface area (Å²) in [5.74, 6) is 0.390. The second kappa shape index (κ2) is 10.6. The van der Waals surface area contributed by atoms with Gasteiger partial charge in [-0.05, 0) is 42.7 Å². The van der Waals surface area contributed by atoms with Crippen molar-refractivity contribution in [2.24, 2.45) is 0 Å². The summed E-state index contributed by atoms with van der Waals surface area (Å²) >= 11 is 0. The Hall–Kier alpha value is -3.84. The normalized spacial score (nSPS) is 18.9. The second-order valence-electron chi connectivity index (χ2n) is 8.71. The number of nitrogens with one attached hydrogen (secondary N) is 2. The molecule has 3 aromatic carbocycles. The number of carbonyl (C=O) groups excluding carboxylic acids is 2. The number of rotatable bonds is 7. The van der Waals surface area contributed by atoms with E-state index in [1.165, 1.54) is 0 Å². The molecule has 7 nitrogen and oxygen atoms in total. The lowest BCUT2D eigenvalue weighted by molar-refractivity contribution is -0.117. The molecule has 0 spiro atoms. The van der Waals surface area contributed by atoms with E-state index in [2.05, 4.69) is 10.6 Å². The quantitative estimate of drug-likeness (QED) is 0.541. The molecule has 2 aliphatic rings. The highest BCUT2D eigenvalue weighted by Crippen LogP contribution is 2.39. The van der Waals surface area contributed by atoms with E-state index in [9.17, 15) is 9.59 Å². The highest BCUT2D eigenvalue weighted by atomic mass is 16.5. The molecule has 2 amide bonds. The van der Waals surface area contributed by atoms with Crippen molar-refractivity contribution in [3.05, 3.63) is 90.0 Å². The molecule has 0 aliphatic carbocycles. The first-order valence-corrected chi connectivity index (χ1v) is 12.0. The van der Waals surface area contributed by atoms with Crippen LogP contribution in [0.15, 0.2) is 78.9 Å². The van der Waals surface area contributed by atoms with Crippen LogP contribution in [0.1, 0.15) is 34.8 Å². The zero-order chi connectivity index (χ0) is 24.0. The van der Waals surface area contributed by atoms with Gasteiger partial charge >= 0.3 is 0 Å². The number of fused-ring (bicyclic) bond motifs is 1. The van der Waals surface area contributed by atoms with Gasteiger partial charge in [-0.25, -0.2) is 0 Å². The van der Waals surface area contributed by atoms with Crippen LogP contribution in [0, 0.1) is 0 Å². The van der Waals surface area contributed by atoms with Crippen LogP contribution in [0.25, 0.3) is 0 Å². The fourth-order valence-electron chi connectivity index (χ4n) is 4.62. The Bertz CT molecular complexity index is 1180. The van der Waals surface area contributed by atoms with Gasteiger partial charge in [0.25, 0.3) is 5.91 Å². The van der Waals surface area contributed by atoms with E-state index in [1.807, 2.05) is 72.8 Å². The molecule has 35 heavy (non-hydrogen) atoms. The Morgan fingerprint density at radius 2 is 1.71 bits per heavy atom. The van der Waals surface area contributed by atoms with E-state index in [0.29, 0.717) is 30.2 Å². The number of ether oxygens (including phenoxy) is 2. The number of anilines is 2. The van der Waals surface area contributed by atoms with Crippen LogP contribution < -0.4 is 20.3 Å². The molecule has 3 aromatic rings. The van der Waals surface area contributed by atoms with Crippen LogP contribution in [0.5, 0.6) is 5.75 Å². The molecule has 180 valence electrons. The third-order valence-corrected chi connectivity index (χ3v) is 6.40. The Balaban J connectivity index is 1.32. The first-order chi connectivity index (χ1) is 17.2.